The van der Waals surface area contributed by atoms with E-state index in [0.29, 0.717) is 6.04 Å². The zero-order valence-corrected chi connectivity index (χ0v) is 11.2. The average molecular weight is 222 g/mol. The first-order valence-electron chi connectivity index (χ1n) is 6.55. The highest BCUT2D eigenvalue weighted by atomic mass is 15.0. The van der Waals surface area contributed by atoms with Gasteiger partial charge in [0.15, 0.2) is 0 Å². The van der Waals surface area contributed by atoms with Gasteiger partial charge in [0, 0.05) is 31.5 Å². The molecule has 0 saturated heterocycles. The maximum absolute atomic E-state index is 3.59. The molecule has 0 saturated carbocycles. The Bertz CT molecular complexity index is 291. The molecule has 1 aromatic heterocycles. The zero-order chi connectivity index (χ0) is 12.0. The summed E-state index contributed by atoms with van der Waals surface area (Å²) in [7, 11) is 0. The van der Waals surface area contributed by atoms with E-state index in [1.165, 1.54) is 18.4 Å². The Hall–Kier alpha value is -0.760. The number of rotatable bonds is 7. The zero-order valence-electron chi connectivity index (χ0n) is 11.2. The van der Waals surface area contributed by atoms with E-state index >= 15 is 0 Å². The molecule has 2 atom stereocenters. The van der Waals surface area contributed by atoms with Crippen LogP contribution in [0.5, 0.6) is 0 Å². The third-order valence-corrected chi connectivity index (χ3v) is 3.42. The Labute approximate surface area is 100 Å². The van der Waals surface area contributed by atoms with E-state index in [4.69, 9.17) is 0 Å². The van der Waals surface area contributed by atoms with Gasteiger partial charge in [-0.1, -0.05) is 27.2 Å². The van der Waals surface area contributed by atoms with Crippen LogP contribution >= 0.6 is 0 Å². The number of hydrogen-bond acceptors (Lipinski definition) is 1. The molecule has 0 spiro atoms. The summed E-state index contributed by atoms with van der Waals surface area (Å²) in [4.78, 5) is 0. The molecule has 0 aliphatic heterocycles. The van der Waals surface area contributed by atoms with E-state index in [-0.39, 0.29) is 0 Å². The standard InChI is InChI=1S/C14H26N2/c1-5-8-16-9-7-14(11-16)10-15-13(4)12(3)6-2/h7,9,11-13,15H,5-6,8,10H2,1-4H3. The van der Waals surface area contributed by atoms with Crippen LogP contribution in [0.2, 0.25) is 0 Å². The molecule has 0 fully saturated rings. The van der Waals surface area contributed by atoms with Gasteiger partial charge in [-0.2, -0.15) is 0 Å². The summed E-state index contributed by atoms with van der Waals surface area (Å²) in [6.07, 6.45) is 6.87. The van der Waals surface area contributed by atoms with Crippen molar-refractivity contribution in [2.75, 3.05) is 0 Å². The van der Waals surface area contributed by atoms with Crippen molar-refractivity contribution in [2.24, 2.45) is 5.92 Å². The SMILES string of the molecule is CCCn1ccc(CNC(C)C(C)CC)c1. The molecule has 1 heterocycles. The van der Waals surface area contributed by atoms with Crippen molar-refractivity contribution in [1.82, 2.24) is 9.88 Å². The van der Waals surface area contributed by atoms with Crippen molar-refractivity contribution in [3.8, 4) is 0 Å². The first kappa shape index (κ1) is 13.3. The lowest BCUT2D eigenvalue weighted by Gasteiger charge is -2.19. The minimum atomic E-state index is 0.597. The third kappa shape index (κ3) is 4.01. The Kier molecular flexibility index (Phi) is 5.61. The molecule has 92 valence electrons. The molecule has 0 bridgehead atoms. The Morgan fingerprint density at radius 3 is 2.69 bits per heavy atom. The number of aromatic nitrogens is 1. The van der Waals surface area contributed by atoms with Crippen LogP contribution in [0.15, 0.2) is 18.5 Å². The van der Waals surface area contributed by atoms with Crippen molar-refractivity contribution in [2.45, 2.75) is 59.7 Å². The Morgan fingerprint density at radius 1 is 1.31 bits per heavy atom. The molecule has 0 radical (unpaired) electrons. The number of nitrogens with one attached hydrogen (secondary N) is 1. The van der Waals surface area contributed by atoms with Crippen LogP contribution in [-0.4, -0.2) is 10.6 Å². The predicted molar refractivity (Wildman–Crippen MR) is 70.5 cm³/mol. The van der Waals surface area contributed by atoms with Gasteiger partial charge in [0.2, 0.25) is 0 Å². The molecule has 1 rings (SSSR count). The number of hydrogen-bond donors (Lipinski definition) is 1. The first-order valence-corrected chi connectivity index (χ1v) is 6.55. The molecular formula is C14H26N2. The minimum absolute atomic E-state index is 0.597. The van der Waals surface area contributed by atoms with E-state index < -0.39 is 0 Å². The van der Waals surface area contributed by atoms with Gasteiger partial charge in [0.25, 0.3) is 0 Å². The molecule has 1 aromatic rings. The smallest absolute Gasteiger partial charge is 0.0223 e. The lowest BCUT2D eigenvalue weighted by molar-refractivity contribution is 0.389. The van der Waals surface area contributed by atoms with Gasteiger partial charge < -0.3 is 9.88 Å². The highest BCUT2D eigenvalue weighted by molar-refractivity contribution is 5.10. The normalized spacial score (nSPS) is 15.0. The molecule has 0 aromatic carbocycles. The fourth-order valence-electron chi connectivity index (χ4n) is 1.83. The van der Waals surface area contributed by atoms with E-state index in [9.17, 15) is 0 Å². The molecule has 0 aliphatic carbocycles. The van der Waals surface area contributed by atoms with Gasteiger partial charge in [-0.25, -0.2) is 0 Å². The summed E-state index contributed by atoms with van der Waals surface area (Å²) in [6.45, 7) is 11.2. The van der Waals surface area contributed by atoms with Crippen molar-refractivity contribution >= 4 is 0 Å². The van der Waals surface area contributed by atoms with E-state index in [1.54, 1.807) is 0 Å². The Morgan fingerprint density at radius 2 is 2.06 bits per heavy atom. The summed E-state index contributed by atoms with van der Waals surface area (Å²) >= 11 is 0. The van der Waals surface area contributed by atoms with E-state index in [2.05, 4.69) is 56.0 Å². The van der Waals surface area contributed by atoms with Crippen molar-refractivity contribution in [1.29, 1.82) is 0 Å². The van der Waals surface area contributed by atoms with Crippen molar-refractivity contribution in [3.63, 3.8) is 0 Å². The maximum Gasteiger partial charge on any atom is 0.0223 e. The van der Waals surface area contributed by atoms with Crippen LogP contribution < -0.4 is 5.32 Å². The van der Waals surface area contributed by atoms with E-state index in [0.717, 1.165) is 19.0 Å². The Balaban J connectivity index is 2.36. The predicted octanol–water partition coefficient (Wildman–Crippen LogP) is 3.42. The average Bonchev–Trinajstić information content (AvgIpc) is 2.73. The van der Waals surface area contributed by atoms with Crippen LogP contribution in [0.25, 0.3) is 0 Å². The third-order valence-electron chi connectivity index (χ3n) is 3.42. The highest BCUT2D eigenvalue weighted by Crippen LogP contribution is 2.08. The second-order valence-electron chi connectivity index (χ2n) is 4.81. The fraction of sp³-hybridized carbons (Fsp3) is 0.714. The second kappa shape index (κ2) is 6.74. The lowest BCUT2D eigenvalue weighted by atomic mass is 10.0. The molecule has 16 heavy (non-hydrogen) atoms. The number of nitrogens with zero attached hydrogens (tertiary/aromatic N) is 1. The molecule has 2 nitrogen and oxygen atoms in total. The second-order valence-corrected chi connectivity index (χ2v) is 4.81. The quantitative estimate of drug-likeness (QED) is 0.748. The van der Waals surface area contributed by atoms with Gasteiger partial charge in [-0.05, 0) is 30.9 Å². The first-order chi connectivity index (χ1) is 7.67. The molecule has 2 heteroatoms. The monoisotopic (exact) mass is 222 g/mol. The molecule has 0 aliphatic rings. The van der Waals surface area contributed by atoms with Crippen molar-refractivity contribution < 1.29 is 0 Å². The molecule has 1 N–H and O–H groups in total. The van der Waals surface area contributed by atoms with Gasteiger partial charge in [0.1, 0.15) is 0 Å². The molecular weight excluding hydrogens is 196 g/mol. The number of aryl methyl sites for hydroxylation is 1. The largest absolute Gasteiger partial charge is 0.354 e. The topological polar surface area (TPSA) is 17.0 Å². The fourth-order valence-corrected chi connectivity index (χ4v) is 1.83. The highest BCUT2D eigenvalue weighted by Gasteiger charge is 2.09. The van der Waals surface area contributed by atoms with Gasteiger partial charge >= 0.3 is 0 Å². The summed E-state index contributed by atoms with van der Waals surface area (Å²) in [6, 6.07) is 2.81. The van der Waals surface area contributed by atoms with Crippen LogP contribution in [0, 0.1) is 5.92 Å². The minimum Gasteiger partial charge on any atom is -0.354 e. The van der Waals surface area contributed by atoms with Crippen LogP contribution in [-0.2, 0) is 13.1 Å². The van der Waals surface area contributed by atoms with Crippen LogP contribution in [0.3, 0.4) is 0 Å². The van der Waals surface area contributed by atoms with Crippen molar-refractivity contribution in [3.05, 3.63) is 24.0 Å². The lowest BCUT2D eigenvalue weighted by Crippen LogP contribution is -2.31. The van der Waals surface area contributed by atoms with Gasteiger partial charge in [-0.3, -0.25) is 0 Å². The summed E-state index contributed by atoms with van der Waals surface area (Å²) in [5.74, 6) is 0.748. The molecule has 2 unspecified atom stereocenters. The summed E-state index contributed by atoms with van der Waals surface area (Å²) in [5, 5.41) is 3.59. The summed E-state index contributed by atoms with van der Waals surface area (Å²) < 4.78 is 2.27. The van der Waals surface area contributed by atoms with Gasteiger partial charge in [0.05, 0.1) is 0 Å². The summed E-state index contributed by atoms with van der Waals surface area (Å²) in [5.41, 5.74) is 1.39. The maximum atomic E-state index is 3.59. The molecule has 0 amide bonds. The van der Waals surface area contributed by atoms with Crippen LogP contribution in [0.1, 0.15) is 46.1 Å². The van der Waals surface area contributed by atoms with Gasteiger partial charge in [-0.15, -0.1) is 0 Å². The van der Waals surface area contributed by atoms with E-state index in [1.807, 2.05) is 0 Å². The van der Waals surface area contributed by atoms with Crippen LogP contribution in [0.4, 0.5) is 0 Å².